The van der Waals surface area contributed by atoms with E-state index in [-0.39, 0.29) is 12.5 Å². The summed E-state index contributed by atoms with van der Waals surface area (Å²) in [5.41, 5.74) is 2.57. The first-order valence-corrected chi connectivity index (χ1v) is 5.94. The number of alkyl halides is 3. The first kappa shape index (κ1) is 12.4. The fraction of sp³-hybridized carbons (Fsp3) is 0.538. The van der Waals surface area contributed by atoms with Crippen LogP contribution in [-0.4, -0.2) is 12.7 Å². The summed E-state index contributed by atoms with van der Waals surface area (Å²) in [5.74, 6) is 0. The second-order valence-corrected chi connectivity index (χ2v) is 4.46. The third-order valence-electron chi connectivity index (χ3n) is 3.16. The van der Waals surface area contributed by atoms with E-state index in [1.54, 1.807) is 0 Å². The van der Waals surface area contributed by atoms with Crippen molar-refractivity contribution in [3.8, 4) is 0 Å². The molecule has 1 aliphatic carbocycles. The maximum atomic E-state index is 12.0. The van der Waals surface area contributed by atoms with Crippen molar-refractivity contribution in [2.75, 3.05) is 6.54 Å². The van der Waals surface area contributed by atoms with E-state index in [0.717, 1.165) is 12.8 Å². The molecule has 0 aromatic heterocycles. The summed E-state index contributed by atoms with van der Waals surface area (Å²) in [4.78, 5) is 0. The first-order chi connectivity index (χ1) is 8.06. The summed E-state index contributed by atoms with van der Waals surface area (Å²) >= 11 is 0. The van der Waals surface area contributed by atoms with Gasteiger partial charge in [0.15, 0.2) is 0 Å². The van der Waals surface area contributed by atoms with Crippen LogP contribution in [0.25, 0.3) is 0 Å². The Balaban J connectivity index is 1.78. The third-order valence-corrected chi connectivity index (χ3v) is 3.16. The lowest BCUT2D eigenvalue weighted by atomic mass is 10.1. The second kappa shape index (κ2) is 5.08. The lowest BCUT2D eigenvalue weighted by Crippen LogP contribution is -2.22. The van der Waals surface area contributed by atoms with E-state index in [9.17, 15) is 13.2 Å². The topological polar surface area (TPSA) is 12.0 Å². The summed E-state index contributed by atoms with van der Waals surface area (Å²) in [6.45, 7) is 0.429. The van der Waals surface area contributed by atoms with E-state index >= 15 is 0 Å². The van der Waals surface area contributed by atoms with Crippen molar-refractivity contribution < 1.29 is 13.2 Å². The highest BCUT2D eigenvalue weighted by atomic mass is 19.4. The lowest BCUT2D eigenvalue weighted by Gasteiger charge is -2.14. The largest absolute Gasteiger partial charge is 0.389 e. The van der Waals surface area contributed by atoms with Crippen molar-refractivity contribution in [1.82, 2.24) is 5.32 Å². The predicted molar refractivity (Wildman–Crippen MR) is 60.8 cm³/mol. The summed E-state index contributed by atoms with van der Waals surface area (Å²) in [5, 5.41) is 3.21. The van der Waals surface area contributed by atoms with Crippen LogP contribution >= 0.6 is 0 Å². The Labute approximate surface area is 99.0 Å². The maximum Gasteiger partial charge on any atom is 0.389 e. The molecule has 0 amide bonds. The molecule has 1 unspecified atom stereocenters. The molecule has 1 aromatic rings. The Hall–Kier alpha value is -1.03. The molecule has 0 heterocycles. The minimum Gasteiger partial charge on any atom is -0.310 e. The number of hydrogen-bond donors (Lipinski definition) is 1. The van der Waals surface area contributed by atoms with Gasteiger partial charge < -0.3 is 5.32 Å². The predicted octanol–water partition coefficient (Wildman–Crippen LogP) is 3.61. The zero-order chi connectivity index (χ0) is 12.3. The standard InChI is InChI=1S/C13H16F3N/c14-13(15,16)8-3-9-17-12-7-6-10-4-1-2-5-11(10)12/h1-2,4-5,12,17H,3,6-9H2. The van der Waals surface area contributed by atoms with Gasteiger partial charge in [-0.05, 0) is 36.9 Å². The second-order valence-electron chi connectivity index (χ2n) is 4.46. The average Bonchev–Trinajstić information content (AvgIpc) is 2.67. The molecule has 0 saturated carbocycles. The minimum absolute atomic E-state index is 0.155. The Morgan fingerprint density at radius 2 is 2.00 bits per heavy atom. The summed E-state index contributed by atoms with van der Waals surface area (Å²) < 4.78 is 35.9. The summed E-state index contributed by atoms with van der Waals surface area (Å²) in [7, 11) is 0. The van der Waals surface area contributed by atoms with Crippen LogP contribution in [-0.2, 0) is 6.42 Å². The molecule has 1 nitrogen and oxygen atoms in total. The number of hydrogen-bond acceptors (Lipinski definition) is 1. The van der Waals surface area contributed by atoms with Gasteiger partial charge in [-0.25, -0.2) is 0 Å². The van der Waals surface area contributed by atoms with Crippen LogP contribution in [0.3, 0.4) is 0 Å². The Morgan fingerprint density at radius 1 is 1.24 bits per heavy atom. The van der Waals surface area contributed by atoms with E-state index < -0.39 is 12.6 Å². The molecule has 2 rings (SSSR count). The van der Waals surface area contributed by atoms with E-state index in [0.29, 0.717) is 6.54 Å². The van der Waals surface area contributed by atoms with E-state index in [4.69, 9.17) is 0 Å². The van der Waals surface area contributed by atoms with Crippen LogP contribution in [0.1, 0.15) is 36.4 Å². The molecule has 0 radical (unpaired) electrons. The maximum absolute atomic E-state index is 12.0. The normalized spacial score (nSPS) is 19.4. The quantitative estimate of drug-likeness (QED) is 0.797. The zero-order valence-corrected chi connectivity index (χ0v) is 9.56. The van der Waals surface area contributed by atoms with Crippen molar-refractivity contribution in [2.24, 2.45) is 0 Å². The highest BCUT2D eigenvalue weighted by Gasteiger charge is 2.26. The van der Waals surface area contributed by atoms with Crippen molar-refractivity contribution in [3.05, 3.63) is 35.4 Å². The Morgan fingerprint density at radius 3 is 2.76 bits per heavy atom. The Kier molecular flexibility index (Phi) is 3.72. The molecule has 1 aliphatic rings. The fourth-order valence-electron chi connectivity index (χ4n) is 2.33. The average molecular weight is 243 g/mol. The van der Waals surface area contributed by atoms with E-state index in [1.807, 2.05) is 12.1 Å². The molecule has 0 aliphatic heterocycles. The molecule has 1 N–H and O–H groups in total. The first-order valence-electron chi connectivity index (χ1n) is 5.94. The number of benzene rings is 1. The molecule has 0 saturated heterocycles. The highest BCUT2D eigenvalue weighted by molar-refractivity contribution is 5.34. The molecule has 1 aromatic carbocycles. The van der Waals surface area contributed by atoms with Gasteiger partial charge in [0.1, 0.15) is 0 Å². The molecule has 0 bridgehead atoms. The van der Waals surface area contributed by atoms with Crippen LogP contribution < -0.4 is 5.32 Å². The van der Waals surface area contributed by atoms with Gasteiger partial charge in [-0.1, -0.05) is 24.3 Å². The molecule has 4 heteroatoms. The van der Waals surface area contributed by atoms with Crippen LogP contribution in [0.5, 0.6) is 0 Å². The van der Waals surface area contributed by atoms with E-state index in [2.05, 4.69) is 17.4 Å². The Bertz CT molecular complexity index is 373. The number of fused-ring (bicyclic) bond motifs is 1. The summed E-state index contributed by atoms with van der Waals surface area (Å²) in [6.07, 6.45) is -2.57. The third kappa shape index (κ3) is 3.46. The van der Waals surface area contributed by atoms with Gasteiger partial charge in [0.05, 0.1) is 0 Å². The fourth-order valence-corrected chi connectivity index (χ4v) is 2.33. The van der Waals surface area contributed by atoms with Gasteiger partial charge in [0.2, 0.25) is 0 Å². The van der Waals surface area contributed by atoms with Crippen LogP contribution in [0.2, 0.25) is 0 Å². The van der Waals surface area contributed by atoms with Crippen molar-refractivity contribution in [1.29, 1.82) is 0 Å². The number of rotatable bonds is 4. The van der Waals surface area contributed by atoms with Gasteiger partial charge in [-0.3, -0.25) is 0 Å². The number of aryl methyl sites for hydroxylation is 1. The molecular weight excluding hydrogens is 227 g/mol. The zero-order valence-electron chi connectivity index (χ0n) is 9.56. The molecule has 1 atom stereocenters. The molecule has 0 spiro atoms. The van der Waals surface area contributed by atoms with Gasteiger partial charge in [-0.2, -0.15) is 13.2 Å². The van der Waals surface area contributed by atoms with Gasteiger partial charge >= 0.3 is 6.18 Å². The highest BCUT2D eigenvalue weighted by Crippen LogP contribution is 2.30. The van der Waals surface area contributed by atoms with Crippen molar-refractivity contribution >= 4 is 0 Å². The lowest BCUT2D eigenvalue weighted by molar-refractivity contribution is -0.135. The SMILES string of the molecule is FC(F)(F)CCCNC1CCc2ccccc21. The molecule has 94 valence electrons. The smallest absolute Gasteiger partial charge is 0.310 e. The van der Waals surface area contributed by atoms with Crippen molar-refractivity contribution in [3.63, 3.8) is 0 Å². The number of nitrogens with one attached hydrogen (secondary N) is 1. The monoisotopic (exact) mass is 243 g/mol. The van der Waals surface area contributed by atoms with Crippen LogP contribution in [0.15, 0.2) is 24.3 Å². The van der Waals surface area contributed by atoms with Crippen LogP contribution in [0, 0.1) is 0 Å². The molecule has 0 fully saturated rings. The van der Waals surface area contributed by atoms with Gasteiger partial charge in [-0.15, -0.1) is 0 Å². The summed E-state index contributed by atoms with van der Waals surface area (Å²) in [6, 6.07) is 8.37. The number of halogens is 3. The van der Waals surface area contributed by atoms with Gasteiger partial charge in [0.25, 0.3) is 0 Å². The molecular formula is C13H16F3N. The van der Waals surface area contributed by atoms with Crippen molar-refractivity contribution in [2.45, 2.75) is 37.9 Å². The van der Waals surface area contributed by atoms with Gasteiger partial charge in [0, 0.05) is 12.5 Å². The minimum atomic E-state index is -4.03. The van der Waals surface area contributed by atoms with E-state index in [1.165, 1.54) is 11.1 Å². The molecule has 17 heavy (non-hydrogen) atoms. The van der Waals surface area contributed by atoms with Crippen LogP contribution in [0.4, 0.5) is 13.2 Å².